The van der Waals surface area contributed by atoms with E-state index in [1.807, 2.05) is 0 Å². The monoisotopic (exact) mass is 234 g/mol. The van der Waals surface area contributed by atoms with Crippen LogP contribution in [0.3, 0.4) is 0 Å². The zero-order valence-electron chi connectivity index (χ0n) is 10.3. The molecule has 0 aromatic heterocycles. The van der Waals surface area contributed by atoms with Crippen LogP contribution in [0.1, 0.15) is 12.0 Å². The van der Waals surface area contributed by atoms with Gasteiger partial charge in [0.15, 0.2) is 0 Å². The first-order valence-electron chi connectivity index (χ1n) is 6.46. The number of nitrogens with zero attached hydrogens (tertiary/aromatic N) is 1. The average molecular weight is 234 g/mol. The van der Waals surface area contributed by atoms with Crippen LogP contribution in [-0.4, -0.2) is 43.8 Å². The van der Waals surface area contributed by atoms with Crippen LogP contribution in [0, 0.1) is 0 Å². The van der Waals surface area contributed by atoms with Crippen LogP contribution >= 0.6 is 0 Å². The molecule has 94 valence electrons. The normalized spacial score (nSPS) is 19.1. The molecular weight excluding hydrogens is 212 g/mol. The summed E-state index contributed by atoms with van der Waals surface area (Å²) in [7, 11) is 0. The fourth-order valence-corrected chi connectivity index (χ4v) is 2.37. The highest BCUT2D eigenvalue weighted by atomic mass is 16.5. The van der Waals surface area contributed by atoms with Crippen molar-refractivity contribution in [3.8, 4) is 0 Å². The fourth-order valence-electron chi connectivity index (χ4n) is 2.37. The molecule has 17 heavy (non-hydrogen) atoms. The van der Waals surface area contributed by atoms with Gasteiger partial charge in [-0.1, -0.05) is 30.3 Å². The van der Waals surface area contributed by atoms with E-state index in [0.717, 1.165) is 45.7 Å². The molecule has 3 nitrogen and oxygen atoms in total. The minimum Gasteiger partial charge on any atom is -0.379 e. The van der Waals surface area contributed by atoms with Crippen molar-refractivity contribution in [1.29, 1.82) is 0 Å². The molecule has 3 heteroatoms. The molecule has 1 heterocycles. The van der Waals surface area contributed by atoms with E-state index in [1.165, 1.54) is 5.56 Å². The fraction of sp³-hybridized carbons (Fsp3) is 0.571. The first-order chi connectivity index (χ1) is 8.40. The van der Waals surface area contributed by atoms with Gasteiger partial charge in [0.05, 0.1) is 13.2 Å². The highest BCUT2D eigenvalue weighted by Crippen LogP contribution is 2.11. The van der Waals surface area contributed by atoms with Gasteiger partial charge in [0.2, 0.25) is 0 Å². The van der Waals surface area contributed by atoms with Crippen LogP contribution in [0.25, 0.3) is 0 Å². The standard InChI is InChI=1S/C14H22N2O/c15-12-14(16-8-10-17-11-9-16)7-6-13-4-2-1-3-5-13/h1-5,14H,6-12,15H2. The van der Waals surface area contributed by atoms with Gasteiger partial charge in [0.25, 0.3) is 0 Å². The summed E-state index contributed by atoms with van der Waals surface area (Å²) >= 11 is 0. The Bertz CT molecular complexity index is 309. The van der Waals surface area contributed by atoms with Crippen molar-refractivity contribution in [3.63, 3.8) is 0 Å². The largest absolute Gasteiger partial charge is 0.379 e. The lowest BCUT2D eigenvalue weighted by Gasteiger charge is -2.33. The zero-order valence-corrected chi connectivity index (χ0v) is 10.3. The molecule has 0 amide bonds. The minimum atomic E-state index is 0.499. The number of hydrogen-bond acceptors (Lipinski definition) is 3. The van der Waals surface area contributed by atoms with Gasteiger partial charge in [-0.15, -0.1) is 0 Å². The SMILES string of the molecule is NCC(CCc1ccccc1)N1CCOCC1. The van der Waals surface area contributed by atoms with Crippen molar-refractivity contribution in [1.82, 2.24) is 4.90 Å². The Morgan fingerprint density at radius 1 is 1.18 bits per heavy atom. The Labute approximate surface area is 104 Å². The van der Waals surface area contributed by atoms with Gasteiger partial charge >= 0.3 is 0 Å². The highest BCUT2D eigenvalue weighted by molar-refractivity contribution is 5.14. The number of hydrogen-bond donors (Lipinski definition) is 1. The van der Waals surface area contributed by atoms with Crippen molar-refractivity contribution in [2.45, 2.75) is 18.9 Å². The van der Waals surface area contributed by atoms with Gasteiger partial charge in [-0.2, -0.15) is 0 Å². The summed E-state index contributed by atoms with van der Waals surface area (Å²) in [5.74, 6) is 0. The summed E-state index contributed by atoms with van der Waals surface area (Å²) in [5.41, 5.74) is 7.29. The van der Waals surface area contributed by atoms with Crippen LogP contribution in [-0.2, 0) is 11.2 Å². The van der Waals surface area contributed by atoms with E-state index in [0.29, 0.717) is 6.04 Å². The lowest BCUT2D eigenvalue weighted by molar-refractivity contribution is 0.0167. The molecule has 0 radical (unpaired) electrons. The van der Waals surface area contributed by atoms with Crippen molar-refractivity contribution < 1.29 is 4.74 Å². The number of morpholine rings is 1. The molecule has 1 aliphatic heterocycles. The third-order valence-corrected chi connectivity index (χ3v) is 3.44. The van der Waals surface area contributed by atoms with E-state index in [1.54, 1.807) is 0 Å². The Morgan fingerprint density at radius 2 is 1.88 bits per heavy atom. The molecule has 0 aliphatic carbocycles. The molecular formula is C14H22N2O. The quantitative estimate of drug-likeness (QED) is 0.834. The van der Waals surface area contributed by atoms with E-state index in [2.05, 4.69) is 35.2 Å². The van der Waals surface area contributed by atoms with Crippen molar-refractivity contribution in [2.75, 3.05) is 32.8 Å². The number of aryl methyl sites for hydroxylation is 1. The maximum Gasteiger partial charge on any atom is 0.0594 e. The van der Waals surface area contributed by atoms with E-state index in [-0.39, 0.29) is 0 Å². The van der Waals surface area contributed by atoms with Gasteiger partial charge in [-0.05, 0) is 18.4 Å². The van der Waals surface area contributed by atoms with E-state index in [9.17, 15) is 0 Å². The molecule has 1 saturated heterocycles. The van der Waals surface area contributed by atoms with Crippen LogP contribution in [0.15, 0.2) is 30.3 Å². The highest BCUT2D eigenvalue weighted by Gasteiger charge is 2.19. The predicted molar refractivity (Wildman–Crippen MR) is 70.0 cm³/mol. The molecule has 1 unspecified atom stereocenters. The number of benzene rings is 1. The lowest BCUT2D eigenvalue weighted by atomic mass is 10.0. The van der Waals surface area contributed by atoms with E-state index >= 15 is 0 Å². The van der Waals surface area contributed by atoms with Crippen LogP contribution in [0.4, 0.5) is 0 Å². The summed E-state index contributed by atoms with van der Waals surface area (Å²) in [6, 6.07) is 11.1. The van der Waals surface area contributed by atoms with Gasteiger partial charge in [0.1, 0.15) is 0 Å². The van der Waals surface area contributed by atoms with Crippen LogP contribution in [0.5, 0.6) is 0 Å². The number of rotatable bonds is 5. The minimum absolute atomic E-state index is 0.499. The van der Waals surface area contributed by atoms with E-state index < -0.39 is 0 Å². The third kappa shape index (κ3) is 3.80. The second-order valence-corrected chi connectivity index (χ2v) is 4.56. The van der Waals surface area contributed by atoms with Gasteiger partial charge in [0, 0.05) is 25.7 Å². The topological polar surface area (TPSA) is 38.5 Å². The molecule has 1 aliphatic rings. The summed E-state index contributed by atoms with van der Waals surface area (Å²) in [5, 5.41) is 0. The Balaban J connectivity index is 1.82. The summed E-state index contributed by atoms with van der Waals surface area (Å²) in [6.45, 7) is 4.49. The Kier molecular flexibility index (Phi) is 4.98. The maximum absolute atomic E-state index is 5.89. The van der Waals surface area contributed by atoms with Gasteiger partial charge < -0.3 is 10.5 Å². The van der Waals surface area contributed by atoms with Gasteiger partial charge in [-0.25, -0.2) is 0 Å². The second-order valence-electron chi connectivity index (χ2n) is 4.56. The first-order valence-corrected chi connectivity index (χ1v) is 6.46. The molecule has 0 saturated carbocycles. The van der Waals surface area contributed by atoms with Crippen LogP contribution in [0.2, 0.25) is 0 Å². The number of nitrogens with two attached hydrogens (primary N) is 1. The molecule has 0 bridgehead atoms. The Hall–Kier alpha value is -0.900. The molecule has 1 aromatic carbocycles. The zero-order chi connectivity index (χ0) is 11.9. The summed E-state index contributed by atoms with van der Waals surface area (Å²) in [4.78, 5) is 2.46. The average Bonchev–Trinajstić information content (AvgIpc) is 2.42. The van der Waals surface area contributed by atoms with Crippen molar-refractivity contribution in [3.05, 3.63) is 35.9 Å². The molecule has 2 rings (SSSR count). The maximum atomic E-state index is 5.89. The summed E-state index contributed by atoms with van der Waals surface area (Å²) in [6.07, 6.45) is 2.25. The number of ether oxygens (including phenoxy) is 1. The van der Waals surface area contributed by atoms with Gasteiger partial charge in [-0.3, -0.25) is 4.90 Å². The predicted octanol–water partition coefficient (Wildman–Crippen LogP) is 1.28. The van der Waals surface area contributed by atoms with Crippen molar-refractivity contribution >= 4 is 0 Å². The Morgan fingerprint density at radius 3 is 2.53 bits per heavy atom. The smallest absolute Gasteiger partial charge is 0.0594 e. The van der Waals surface area contributed by atoms with Crippen LogP contribution < -0.4 is 5.73 Å². The lowest BCUT2D eigenvalue weighted by Crippen LogP contribution is -2.47. The second kappa shape index (κ2) is 6.74. The molecule has 1 fully saturated rings. The molecule has 1 aromatic rings. The summed E-state index contributed by atoms with van der Waals surface area (Å²) < 4.78 is 5.37. The van der Waals surface area contributed by atoms with Crippen molar-refractivity contribution in [2.24, 2.45) is 5.73 Å². The first kappa shape index (κ1) is 12.6. The molecule has 1 atom stereocenters. The van der Waals surface area contributed by atoms with E-state index in [4.69, 9.17) is 10.5 Å². The molecule has 0 spiro atoms. The molecule has 2 N–H and O–H groups in total. The third-order valence-electron chi connectivity index (χ3n) is 3.44.